The van der Waals surface area contributed by atoms with E-state index in [2.05, 4.69) is 5.32 Å². The van der Waals surface area contributed by atoms with Crippen molar-refractivity contribution in [2.75, 3.05) is 13.1 Å². The monoisotopic (exact) mass is 413 g/mol. The van der Waals surface area contributed by atoms with Crippen LogP contribution in [0.3, 0.4) is 0 Å². The van der Waals surface area contributed by atoms with Gasteiger partial charge in [0.25, 0.3) is 5.91 Å². The van der Waals surface area contributed by atoms with Crippen LogP contribution in [0.15, 0.2) is 18.2 Å². The lowest BCUT2D eigenvalue weighted by molar-refractivity contribution is -0.131. The highest BCUT2D eigenvalue weighted by Gasteiger charge is 2.32. The molecule has 1 aromatic carbocycles. The number of halogens is 2. The van der Waals surface area contributed by atoms with E-state index in [9.17, 15) is 14.4 Å². The van der Waals surface area contributed by atoms with Gasteiger partial charge in [-0.15, -0.1) is 0 Å². The van der Waals surface area contributed by atoms with Gasteiger partial charge in [0.1, 0.15) is 6.04 Å². The molecular formula is C19H25Cl2N3O3. The van der Waals surface area contributed by atoms with Crippen LogP contribution >= 0.6 is 23.2 Å². The van der Waals surface area contributed by atoms with Crippen LogP contribution in [0.4, 0.5) is 0 Å². The van der Waals surface area contributed by atoms with E-state index in [0.29, 0.717) is 35.0 Å². The first-order chi connectivity index (χ1) is 12.7. The number of rotatable bonds is 6. The fraction of sp³-hybridized carbons (Fsp3) is 0.526. The summed E-state index contributed by atoms with van der Waals surface area (Å²) in [5, 5.41) is 3.46. The number of nitrogens with zero attached hydrogens (tertiary/aromatic N) is 1. The molecule has 1 saturated heterocycles. The summed E-state index contributed by atoms with van der Waals surface area (Å²) in [5.41, 5.74) is 5.86. The zero-order chi connectivity index (χ0) is 20.1. The average molecular weight is 414 g/mol. The van der Waals surface area contributed by atoms with E-state index in [-0.39, 0.29) is 30.2 Å². The van der Waals surface area contributed by atoms with Crippen LogP contribution in [0, 0.1) is 11.8 Å². The van der Waals surface area contributed by atoms with Crippen LogP contribution < -0.4 is 11.1 Å². The average Bonchev–Trinajstić information content (AvgIpc) is 2.66. The van der Waals surface area contributed by atoms with Crippen LogP contribution in [-0.2, 0) is 9.59 Å². The van der Waals surface area contributed by atoms with Gasteiger partial charge in [0, 0.05) is 18.7 Å². The molecule has 0 saturated carbocycles. The van der Waals surface area contributed by atoms with Gasteiger partial charge in [0.05, 0.1) is 16.0 Å². The van der Waals surface area contributed by atoms with Gasteiger partial charge in [-0.1, -0.05) is 43.5 Å². The fourth-order valence-electron chi connectivity index (χ4n) is 3.19. The van der Waals surface area contributed by atoms with Gasteiger partial charge in [0.15, 0.2) is 0 Å². The second-order valence-electron chi connectivity index (χ2n) is 6.99. The highest BCUT2D eigenvalue weighted by molar-refractivity contribution is 6.42. The van der Waals surface area contributed by atoms with Crippen LogP contribution in [0.25, 0.3) is 0 Å². The second kappa shape index (κ2) is 9.42. The number of nitrogens with two attached hydrogens (primary N) is 1. The number of nitrogens with one attached hydrogen (secondary N) is 1. The van der Waals surface area contributed by atoms with Crippen molar-refractivity contribution >= 4 is 40.9 Å². The van der Waals surface area contributed by atoms with Gasteiger partial charge < -0.3 is 16.0 Å². The predicted molar refractivity (Wildman–Crippen MR) is 106 cm³/mol. The maximum Gasteiger partial charge on any atom is 0.253 e. The highest BCUT2D eigenvalue weighted by Crippen LogP contribution is 2.25. The Hall–Kier alpha value is -1.79. The minimum absolute atomic E-state index is 0.0519. The predicted octanol–water partition coefficient (Wildman–Crippen LogP) is 2.86. The normalized spacial score (nSPS) is 19.3. The van der Waals surface area contributed by atoms with Crippen molar-refractivity contribution in [3.05, 3.63) is 33.8 Å². The summed E-state index contributed by atoms with van der Waals surface area (Å²) in [6.45, 7) is 4.66. The molecule has 3 unspecified atom stereocenters. The Bertz CT molecular complexity index is 726. The van der Waals surface area contributed by atoms with E-state index in [1.165, 1.54) is 6.07 Å². The number of primary amides is 1. The van der Waals surface area contributed by atoms with Gasteiger partial charge in [-0.05, 0) is 37.0 Å². The molecule has 1 heterocycles. The molecule has 3 amide bonds. The minimum Gasteiger partial charge on any atom is -0.368 e. The maximum atomic E-state index is 12.7. The summed E-state index contributed by atoms with van der Waals surface area (Å²) in [4.78, 5) is 38.7. The summed E-state index contributed by atoms with van der Waals surface area (Å²) < 4.78 is 0. The summed E-state index contributed by atoms with van der Waals surface area (Å²) in [5.74, 6) is -1.41. The van der Waals surface area contributed by atoms with Crippen LogP contribution in [0.5, 0.6) is 0 Å². The summed E-state index contributed by atoms with van der Waals surface area (Å²) in [7, 11) is 0. The molecule has 0 aromatic heterocycles. The zero-order valence-electron chi connectivity index (χ0n) is 15.5. The Morgan fingerprint density at radius 3 is 2.59 bits per heavy atom. The van der Waals surface area contributed by atoms with Crippen molar-refractivity contribution < 1.29 is 14.4 Å². The molecular weight excluding hydrogens is 389 g/mol. The quantitative estimate of drug-likeness (QED) is 0.750. The van der Waals surface area contributed by atoms with E-state index in [1.54, 1.807) is 17.0 Å². The molecule has 148 valence electrons. The van der Waals surface area contributed by atoms with Crippen LogP contribution in [0.2, 0.25) is 10.0 Å². The van der Waals surface area contributed by atoms with Gasteiger partial charge in [-0.25, -0.2) is 0 Å². The number of amides is 3. The van der Waals surface area contributed by atoms with Crippen LogP contribution in [-0.4, -0.2) is 41.8 Å². The summed E-state index contributed by atoms with van der Waals surface area (Å²) in [6, 6.07) is 4.02. The number of piperidine rings is 1. The van der Waals surface area contributed by atoms with Crippen molar-refractivity contribution in [1.82, 2.24) is 10.2 Å². The first-order valence-corrected chi connectivity index (χ1v) is 9.84. The third-order valence-corrected chi connectivity index (χ3v) is 5.80. The molecule has 8 heteroatoms. The third-order valence-electron chi connectivity index (χ3n) is 5.06. The third kappa shape index (κ3) is 5.36. The van der Waals surface area contributed by atoms with Crippen LogP contribution in [0.1, 0.15) is 43.5 Å². The zero-order valence-corrected chi connectivity index (χ0v) is 17.0. The van der Waals surface area contributed by atoms with Crippen molar-refractivity contribution in [2.45, 2.75) is 39.2 Å². The topological polar surface area (TPSA) is 92.5 Å². The standard InChI is InChI=1S/C19H25Cl2N3O3/c1-3-11(2)16(17(22)25)23-18(26)13-5-4-8-24(10-13)19(27)12-6-7-14(20)15(21)9-12/h6-7,9,11,13,16H,3-5,8,10H2,1-2H3,(H2,22,25)(H,23,26). The van der Waals surface area contributed by atoms with E-state index in [1.807, 2.05) is 13.8 Å². The van der Waals surface area contributed by atoms with Gasteiger partial charge in [-0.2, -0.15) is 0 Å². The second-order valence-corrected chi connectivity index (χ2v) is 7.81. The minimum atomic E-state index is -0.705. The molecule has 1 aliphatic rings. The number of likely N-dealkylation sites (tertiary alicyclic amines) is 1. The molecule has 3 atom stereocenters. The highest BCUT2D eigenvalue weighted by atomic mass is 35.5. The summed E-state index contributed by atoms with van der Waals surface area (Å²) in [6.07, 6.45) is 2.08. The smallest absolute Gasteiger partial charge is 0.253 e. The lowest BCUT2D eigenvalue weighted by atomic mass is 9.94. The number of carbonyl (C=O) groups is 3. The molecule has 0 radical (unpaired) electrons. The lowest BCUT2D eigenvalue weighted by Crippen LogP contribution is -2.52. The van der Waals surface area contributed by atoms with Crippen molar-refractivity contribution in [2.24, 2.45) is 17.6 Å². The molecule has 3 N–H and O–H groups in total. The molecule has 0 spiro atoms. The molecule has 1 fully saturated rings. The van der Waals surface area contributed by atoms with E-state index < -0.39 is 11.9 Å². The first kappa shape index (κ1) is 21.5. The molecule has 0 aliphatic carbocycles. The molecule has 0 bridgehead atoms. The van der Waals surface area contributed by atoms with E-state index >= 15 is 0 Å². The fourth-order valence-corrected chi connectivity index (χ4v) is 3.49. The van der Waals surface area contributed by atoms with Crippen molar-refractivity contribution in [1.29, 1.82) is 0 Å². The van der Waals surface area contributed by atoms with Crippen molar-refractivity contribution in [3.8, 4) is 0 Å². The van der Waals surface area contributed by atoms with E-state index in [4.69, 9.17) is 28.9 Å². The molecule has 2 rings (SSSR count). The summed E-state index contributed by atoms with van der Waals surface area (Å²) >= 11 is 11.9. The van der Waals surface area contributed by atoms with Gasteiger partial charge in [-0.3, -0.25) is 14.4 Å². The Balaban J connectivity index is 2.06. The van der Waals surface area contributed by atoms with Crippen molar-refractivity contribution in [3.63, 3.8) is 0 Å². The molecule has 6 nitrogen and oxygen atoms in total. The maximum absolute atomic E-state index is 12.7. The molecule has 1 aromatic rings. The Labute approximate surface area is 169 Å². The number of hydrogen-bond donors (Lipinski definition) is 2. The SMILES string of the molecule is CCC(C)C(NC(=O)C1CCCN(C(=O)c2ccc(Cl)c(Cl)c2)C1)C(N)=O. The Morgan fingerprint density at radius 2 is 2.00 bits per heavy atom. The Morgan fingerprint density at radius 1 is 1.30 bits per heavy atom. The number of hydrogen-bond acceptors (Lipinski definition) is 3. The lowest BCUT2D eigenvalue weighted by Gasteiger charge is -2.33. The first-order valence-electron chi connectivity index (χ1n) is 9.08. The number of carbonyl (C=O) groups excluding carboxylic acids is 3. The largest absolute Gasteiger partial charge is 0.368 e. The van der Waals surface area contributed by atoms with Gasteiger partial charge >= 0.3 is 0 Å². The molecule has 27 heavy (non-hydrogen) atoms. The van der Waals surface area contributed by atoms with Gasteiger partial charge in [0.2, 0.25) is 11.8 Å². The molecule has 1 aliphatic heterocycles. The van der Waals surface area contributed by atoms with E-state index in [0.717, 1.165) is 6.42 Å². The number of benzene rings is 1. The Kier molecular flexibility index (Phi) is 7.50.